The smallest absolute Gasteiger partial charge is 0.337 e. The number of carbonyl (C=O) groups excluding carboxylic acids is 3. The number of hydrogen-bond acceptors (Lipinski definition) is 8. The zero-order chi connectivity index (χ0) is 27.8. The van der Waals surface area contributed by atoms with Gasteiger partial charge in [-0.3, -0.25) is 14.5 Å². The van der Waals surface area contributed by atoms with Gasteiger partial charge in [0.2, 0.25) is 5.91 Å². The number of thioether (sulfide) groups is 1. The SMILES string of the molecule is COC(=O)c1ccc(C=C2SC(=S)N(CCCCCC(=O)Nc3ncc(Cc4ccc(Cl)cc4)s3)C2=O)cc1. The topological polar surface area (TPSA) is 88.6 Å². The number of esters is 1. The van der Waals surface area contributed by atoms with Crippen LogP contribution in [0.25, 0.3) is 6.08 Å². The molecule has 2 aromatic carbocycles. The Morgan fingerprint density at radius 1 is 1.10 bits per heavy atom. The Bertz CT molecular complexity index is 1390. The summed E-state index contributed by atoms with van der Waals surface area (Å²) >= 11 is 14.1. The molecule has 0 saturated carbocycles. The second-order valence-electron chi connectivity index (χ2n) is 8.74. The summed E-state index contributed by atoms with van der Waals surface area (Å²) in [6.45, 7) is 0.505. The van der Waals surface area contributed by atoms with Crippen LogP contribution in [0, 0.1) is 0 Å². The second-order valence-corrected chi connectivity index (χ2v) is 12.0. The summed E-state index contributed by atoms with van der Waals surface area (Å²) in [5, 5.41) is 4.16. The molecule has 0 aliphatic carbocycles. The number of halogens is 1. The molecule has 1 aliphatic rings. The number of rotatable bonds is 11. The monoisotopic (exact) mass is 599 g/mol. The summed E-state index contributed by atoms with van der Waals surface area (Å²) in [6.07, 6.45) is 6.89. The van der Waals surface area contributed by atoms with Gasteiger partial charge in [-0.15, -0.1) is 11.3 Å². The van der Waals surface area contributed by atoms with E-state index in [1.165, 1.54) is 30.2 Å². The summed E-state index contributed by atoms with van der Waals surface area (Å²) in [4.78, 5) is 44.3. The third kappa shape index (κ3) is 8.22. The Morgan fingerprint density at radius 3 is 2.56 bits per heavy atom. The zero-order valence-corrected chi connectivity index (χ0v) is 24.4. The lowest BCUT2D eigenvalue weighted by Crippen LogP contribution is -2.29. The van der Waals surface area contributed by atoms with E-state index in [1.54, 1.807) is 41.4 Å². The van der Waals surface area contributed by atoms with Crippen molar-refractivity contribution in [2.75, 3.05) is 19.0 Å². The highest BCUT2D eigenvalue weighted by Crippen LogP contribution is 2.33. The van der Waals surface area contributed by atoms with Crippen molar-refractivity contribution in [3.8, 4) is 0 Å². The Kier molecular flexibility index (Phi) is 10.3. The number of unbranched alkanes of at least 4 members (excludes halogenated alkanes) is 2. The number of carbonyl (C=O) groups is 3. The molecule has 1 saturated heterocycles. The number of anilines is 1. The third-order valence-corrected chi connectivity index (χ3v) is 8.42. The molecule has 0 bridgehead atoms. The van der Waals surface area contributed by atoms with Crippen LogP contribution in [0.1, 0.15) is 52.0 Å². The Balaban J connectivity index is 1.17. The van der Waals surface area contributed by atoms with Crippen molar-refractivity contribution in [2.45, 2.75) is 32.1 Å². The van der Waals surface area contributed by atoms with Gasteiger partial charge in [-0.25, -0.2) is 9.78 Å². The van der Waals surface area contributed by atoms with Gasteiger partial charge in [-0.1, -0.05) is 66.3 Å². The van der Waals surface area contributed by atoms with Crippen LogP contribution in [0.5, 0.6) is 0 Å². The van der Waals surface area contributed by atoms with Crippen LogP contribution in [0.4, 0.5) is 5.13 Å². The summed E-state index contributed by atoms with van der Waals surface area (Å²) in [7, 11) is 1.33. The maximum Gasteiger partial charge on any atom is 0.337 e. The molecule has 202 valence electrons. The number of nitrogens with one attached hydrogen (secondary N) is 1. The highest BCUT2D eigenvalue weighted by Gasteiger charge is 2.31. The van der Waals surface area contributed by atoms with Gasteiger partial charge in [0, 0.05) is 35.5 Å². The molecule has 1 aromatic heterocycles. The van der Waals surface area contributed by atoms with E-state index in [9.17, 15) is 14.4 Å². The van der Waals surface area contributed by atoms with Crippen LogP contribution in [0.15, 0.2) is 59.6 Å². The number of thiazole rings is 1. The van der Waals surface area contributed by atoms with Crippen LogP contribution in [-0.2, 0) is 20.7 Å². The van der Waals surface area contributed by atoms with Crippen molar-refractivity contribution in [2.24, 2.45) is 0 Å². The van der Waals surface area contributed by atoms with Crippen LogP contribution >= 0.6 is 46.9 Å². The van der Waals surface area contributed by atoms with Gasteiger partial charge in [-0.2, -0.15) is 0 Å². The molecule has 4 rings (SSSR count). The maximum absolute atomic E-state index is 12.8. The molecule has 7 nitrogen and oxygen atoms in total. The molecule has 0 radical (unpaired) electrons. The minimum atomic E-state index is -0.409. The minimum Gasteiger partial charge on any atom is -0.465 e. The van der Waals surface area contributed by atoms with Gasteiger partial charge in [-0.05, 0) is 54.3 Å². The lowest BCUT2D eigenvalue weighted by atomic mass is 10.1. The van der Waals surface area contributed by atoms with E-state index in [1.807, 2.05) is 24.3 Å². The number of thiocarbonyl (C=S) groups is 1. The number of hydrogen-bond donors (Lipinski definition) is 1. The van der Waals surface area contributed by atoms with Crippen LogP contribution < -0.4 is 5.32 Å². The molecule has 1 aliphatic heterocycles. The lowest BCUT2D eigenvalue weighted by Gasteiger charge is -2.14. The first-order valence-electron chi connectivity index (χ1n) is 12.2. The number of methoxy groups -OCH3 is 1. The molecule has 2 amide bonds. The molecular formula is C28H26ClN3O4S3. The van der Waals surface area contributed by atoms with E-state index < -0.39 is 5.97 Å². The van der Waals surface area contributed by atoms with Crippen molar-refractivity contribution in [1.82, 2.24) is 9.88 Å². The molecule has 0 unspecified atom stereocenters. The summed E-state index contributed by atoms with van der Waals surface area (Å²) in [6, 6.07) is 14.5. The fraction of sp³-hybridized carbons (Fsp3) is 0.250. The van der Waals surface area contributed by atoms with Gasteiger partial charge in [0.15, 0.2) is 5.13 Å². The van der Waals surface area contributed by atoms with Crippen LogP contribution in [0.2, 0.25) is 5.02 Å². The highest BCUT2D eigenvalue weighted by molar-refractivity contribution is 8.26. The number of ether oxygens (including phenoxy) is 1. The molecule has 1 fully saturated rings. The van der Waals surface area contributed by atoms with Crippen LogP contribution in [-0.4, -0.2) is 45.6 Å². The molecular weight excluding hydrogens is 574 g/mol. The van der Waals surface area contributed by atoms with Gasteiger partial charge in [0.05, 0.1) is 17.6 Å². The van der Waals surface area contributed by atoms with Crippen molar-refractivity contribution in [3.63, 3.8) is 0 Å². The van der Waals surface area contributed by atoms with E-state index >= 15 is 0 Å². The molecule has 11 heteroatoms. The molecule has 1 N–H and O–H groups in total. The fourth-order valence-electron chi connectivity index (χ4n) is 3.84. The minimum absolute atomic E-state index is 0.0749. The molecule has 3 aromatic rings. The molecule has 0 spiro atoms. The zero-order valence-electron chi connectivity index (χ0n) is 21.1. The summed E-state index contributed by atoms with van der Waals surface area (Å²) < 4.78 is 5.23. The van der Waals surface area contributed by atoms with E-state index in [-0.39, 0.29) is 11.8 Å². The van der Waals surface area contributed by atoms with Crippen molar-refractivity contribution >= 4 is 80.2 Å². The van der Waals surface area contributed by atoms with E-state index in [0.717, 1.165) is 35.3 Å². The van der Waals surface area contributed by atoms with E-state index in [2.05, 4.69) is 10.3 Å². The Labute approximate surface area is 245 Å². The quantitative estimate of drug-likeness (QED) is 0.115. The summed E-state index contributed by atoms with van der Waals surface area (Å²) in [5.74, 6) is -0.611. The van der Waals surface area contributed by atoms with Crippen molar-refractivity contribution < 1.29 is 19.1 Å². The number of nitrogens with zero attached hydrogens (tertiary/aromatic N) is 2. The van der Waals surface area contributed by atoms with E-state index in [0.29, 0.717) is 44.3 Å². The number of amides is 2. The first-order chi connectivity index (χ1) is 18.8. The normalized spacial score (nSPS) is 14.2. The van der Waals surface area contributed by atoms with Crippen LogP contribution in [0.3, 0.4) is 0 Å². The largest absolute Gasteiger partial charge is 0.465 e. The fourth-order valence-corrected chi connectivity index (χ4v) is 6.14. The first kappa shape index (κ1) is 28.9. The number of aromatic nitrogens is 1. The predicted molar refractivity (Wildman–Crippen MR) is 161 cm³/mol. The molecule has 0 atom stereocenters. The van der Waals surface area contributed by atoms with Gasteiger partial charge in [0.1, 0.15) is 4.32 Å². The molecule has 39 heavy (non-hydrogen) atoms. The van der Waals surface area contributed by atoms with Crippen molar-refractivity contribution in [1.29, 1.82) is 0 Å². The average molecular weight is 600 g/mol. The standard InChI is InChI=1S/C28H26ClN3O4S3/c1-36-26(35)20-10-6-19(7-11-20)16-23-25(34)32(28(37)39-23)14-4-2-3-5-24(33)31-27-30-17-22(38-27)15-18-8-12-21(29)13-9-18/h6-13,16-17H,2-5,14-15H2,1H3,(H,30,31,33). The maximum atomic E-state index is 12.8. The Morgan fingerprint density at radius 2 is 1.85 bits per heavy atom. The summed E-state index contributed by atoms with van der Waals surface area (Å²) in [5.41, 5.74) is 2.38. The van der Waals surface area contributed by atoms with Gasteiger partial charge < -0.3 is 10.1 Å². The van der Waals surface area contributed by atoms with Gasteiger partial charge in [0.25, 0.3) is 5.91 Å². The highest BCUT2D eigenvalue weighted by atomic mass is 35.5. The van der Waals surface area contributed by atoms with Gasteiger partial charge >= 0.3 is 5.97 Å². The predicted octanol–water partition coefficient (Wildman–Crippen LogP) is 6.57. The Hall–Kier alpha value is -3.05. The molecule has 2 heterocycles. The lowest BCUT2D eigenvalue weighted by molar-refractivity contribution is -0.122. The average Bonchev–Trinajstić information content (AvgIpc) is 3.47. The van der Waals surface area contributed by atoms with Crippen molar-refractivity contribution in [3.05, 3.63) is 86.2 Å². The van der Waals surface area contributed by atoms with E-state index in [4.69, 9.17) is 28.6 Å². The second kappa shape index (κ2) is 13.8. The third-order valence-electron chi connectivity index (χ3n) is 5.88. The first-order valence-corrected chi connectivity index (χ1v) is 14.7. The number of benzene rings is 2.